The molecule has 3 rings (SSSR count). The molecule has 1 unspecified atom stereocenters. The van der Waals surface area contributed by atoms with E-state index in [1.165, 1.54) is 6.33 Å². The molecule has 2 fully saturated rings. The van der Waals surface area contributed by atoms with Crippen molar-refractivity contribution in [2.75, 3.05) is 6.54 Å². The van der Waals surface area contributed by atoms with E-state index < -0.39 is 0 Å². The summed E-state index contributed by atoms with van der Waals surface area (Å²) in [5.41, 5.74) is 0. The van der Waals surface area contributed by atoms with E-state index in [1.54, 1.807) is 4.90 Å². The van der Waals surface area contributed by atoms with Gasteiger partial charge in [-0.25, -0.2) is 4.98 Å². The van der Waals surface area contributed by atoms with Crippen LogP contribution in [0.3, 0.4) is 0 Å². The summed E-state index contributed by atoms with van der Waals surface area (Å²) in [5.74, 6) is 0.842. The van der Waals surface area contributed by atoms with Crippen molar-refractivity contribution in [2.24, 2.45) is 5.92 Å². The van der Waals surface area contributed by atoms with Gasteiger partial charge >= 0.3 is 0 Å². The second-order valence-corrected chi connectivity index (χ2v) is 5.11. The molecule has 2 heterocycles. The number of likely N-dealkylation sites (tertiary alicyclic amines) is 1. The fourth-order valence-electron chi connectivity index (χ4n) is 2.47. The number of H-pyrrole nitrogens is 1. The molecule has 1 aromatic heterocycles. The normalized spacial score (nSPS) is 22.5. The molecule has 0 radical (unpaired) electrons. The molecule has 1 aliphatic heterocycles. The minimum atomic E-state index is -0.309. The number of nitrogens with zero attached hydrogens (tertiary/aromatic N) is 3. The lowest BCUT2D eigenvalue weighted by atomic mass is 10.2. The van der Waals surface area contributed by atoms with E-state index in [9.17, 15) is 9.59 Å². The van der Waals surface area contributed by atoms with Crippen molar-refractivity contribution in [3.63, 3.8) is 0 Å². The predicted octanol–water partition coefficient (Wildman–Crippen LogP) is -0.178. The first-order valence-corrected chi connectivity index (χ1v) is 6.68. The number of aromatic nitrogens is 3. The number of hydrogen-bond donors (Lipinski definition) is 2. The van der Waals surface area contributed by atoms with Crippen LogP contribution in [-0.4, -0.2) is 44.5 Å². The molecule has 7 nitrogen and oxygen atoms in total. The van der Waals surface area contributed by atoms with Crippen molar-refractivity contribution >= 4 is 11.8 Å². The van der Waals surface area contributed by atoms with Gasteiger partial charge in [0.2, 0.25) is 11.8 Å². The van der Waals surface area contributed by atoms with Crippen molar-refractivity contribution < 1.29 is 9.59 Å². The van der Waals surface area contributed by atoms with Gasteiger partial charge in [0, 0.05) is 12.5 Å². The molecule has 0 aromatic carbocycles. The van der Waals surface area contributed by atoms with Gasteiger partial charge in [0.05, 0.1) is 6.54 Å². The molecule has 2 N–H and O–H groups in total. The Labute approximate surface area is 110 Å². The van der Waals surface area contributed by atoms with E-state index in [0.717, 1.165) is 25.7 Å². The molecular formula is C12H17N5O2. The van der Waals surface area contributed by atoms with Gasteiger partial charge < -0.3 is 10.2 Å². The standard InChI is InChI=1S/C12H17N5O2/c18-11(13-6-10-14-7-15-16-10)9-2-1-5-17(9)12(19)8-3-4-8/h7-9H,1-6H2,(H,13,18)(H,14,15,16). The number of carbonyl (C=O) groups excluding carboxylic acids is 2. The third kappa shape index (κ3) is 2.59. The molecule has 0 bridgehead atoms. The third-order valence-corrected chi connectivity index (χ3v) is 3.66. The van der Waals surface area contributed by atoms with Crippen LogP contribution in [0, 0.1) is 5.92 Å². The SMILES string of the molecule is O=C(NCc1ncn[nH]1)C1CCCN1C(=O)C1CC1. The molecule has 1 atom stereocenters. The Morgan fingerprint density at radius 1 is 1.42 bits per heavy atom. The van der Waals surface area contributed by atoms with Gasteiger partial charge in [-0.15, -0.1) is 0 Å². The van der Waals surface area contributed by atoms with Crippen molar-refractivity contribution in [1.82, 2.24) is 25.4 Å². The summed E-state index contributed by atoms with van der Waals surface area (Å²) in [6.45, 7) is 1.02. The predicted molar refractivity (Wildman–Crippen MR) is 65.7 cm³/mol. The van der Waals surface area contributed by atoms with Gasteiger partial charge in [0.25, 0.3) is 0 Å². The second kappa shape index (κ2) is 4.99. The average Bonchev–Trinajstić information content (AvgIpc) is 2.94. The van der Waals surface area contributed by atoms with E-state index in [1.807, 2.05) is 0 Å². The molecule has 102 valence electrons. The van der Waals surface area contributed by atoms with Crippen LogP contribution in [0.4, 0.5) is 0 Å². The minimum absolute atomic E-state index is 0.0945. The largest absolute Gasteiger partial charge is 0.347 e. The zero-order chi connectivity index (χ0) is 13.2. The lowest BCUT2D eigenvalue weighted by Gasteiger charge is -2.23. The molecular weight excluding hydrogens is 246 g/mol. The Bertz CT molecular complexity index is 468. The first-order chi connectivity index (χ1) is 9.25. The Morgan fingerprint density at radius 3 is 2.95 bits per heavy atom. The highest BCUT2D eigenvalue weighted by atomic mass is 16.2. The molecule has 1 saturated carbocycles. The first-order valence-electron chi connectivity index (χ1n) is 6.68. The van der Waals surface area contributed by atoms with Crippen LogP contribution >= 0.6 is 0 Å². The summed E-state index contributed by atoms with van der Waals surface area (Å²) in [7, 11) is 0. The topological polar surface area (TPSA) is 91.0 Å². The molecule has 7 heteroatoms. The lowest BCUT2D eigenvalue weighted by molar-refractivity contribution is -0.139. The molecule has 2 aliphatic rings. The summed E-state index contributed by atoms with van der Waals surface area (Å²) in [4.78, 5) is 29.9. The smallest absolute Gasteiger partial charge is 0.243 e. The number of hydrogen-bond acceptors (Lipinski definition) is 4. The fourth-order valence-corrected chi connectivity index (χ4v) is 2.47. The van der Waals surface area contributed by atoms with Gasteiger partial charge in [0.1, 0.15) is 18.2 Å². The van der Waals surface area contributed by atoms with Crippen LogP contribution in [-0.2, 0) is 16.1 Å². The van der Waals surface area contributed by atoms with Gasteiger partial charge in [0.15, 0.2) is 0 Å². The number of nitrogens with one attached hydrogen (secondary N) is 2. The van der Waals surface area contributed by atoms with E-state index in [0.29, 0.717) is 18.9 Å². The summed E-state index contributed by atoms with van der Waals surface area (Å²) in [6, 6.07) is -0.309. The number of amides is 2. The highest BCUT2D eigenvalue weighted by molar-refractivity contribution is 5.89. The highest BCUT2D eigenvalue weighted by Crippen LogP contribution is 2.33. The molecule has 1 saturated heterocycles. The molecule has 1 aromatic rings. The maximum atomic E-state index is 12.1. The van der Waals surface area contributed by atoms with Crippen LogP contribution in [0.15, 0.2) is 6.33 Å². The quantitative estimate of drug-likeness (QED) is 0.788. The van der Waals surface area contributed by atoms with Crippen LogP contribution in [0.1, 0.15) is 31.5 Å². The second-order valence-electron chi connectivity index (χ2n) is 5.11. The van der Waals surface area contributed by atoms with Crippen LogP contribution < -0.4 is 5.32 Å². The van der Waals surface area contributed by atoms with E-state index in [-0.39, 0.29) is 23.8 Å². The summed E-state index contributed by atoms with van der Waals surface area (Å²) in [6.07, 6.45) is 5.00. The number of aromatic amines is 1. The molecule has 2 amide bonds. The maximum Gasteiger partial charge on any atom is 0.243 e. The minimum Gasteiger partial charge on any atom is -0.347 e. The Hall–Kier alpha value is -1.92. The summed E-state index contributed by atoms with van der Waals surface area (Å²) in [5, 5.41) is 9.21. The molecule has 1 aliphatic carbocycles. The van der Waals surface area contributed by atoms with Crippen LogP contribution in [0.25, 0.3) is 0 Å². The van der Waals surface area contributed by atoms with Gasteiger partial charge in [-0.3, -0.25) is 14.7 Å². The average molecular weight is 263 g/mol. The first kappa shape index (κ1) is 12.1. The van der Waals surface area contributed by atoms with Crippen molar-refractivity contribution in [3.8, 4) is 0 Å². The van der Waals surface area contributed by atoms with Gasteiger partial charge in [-0.1, -0.05) is 0 Å². The Balaban J connectivity index is 1.57. The number of rotatable bonds is 4. The van der Waals surface area contributed by atoms with Crippen LogP contribution in [0.5, 0.6) is 0 Å². The highest BCUT2D eigenvalue weighted by Gasteiger charge is 2.40. The molecule has 0 spiro atoms. The zero-order valence-corrected chi connectivity index (χ0v) is 10.6. The van der Waals surface area contributed by atoms with Crippen molar-refractivity contribution in [2.45, 2.75) is 38.3 Å². The van der Waals surface area contributed by atoms with Crippen molar-refractivity contribution in [1.29, 1.82) is 0 Å². The Kier molecular flexibility index (Phi) is 3.18. The van der Waals surface area contributed by atoms with Crippen molar-refractivity contribution in [3.05, 3.63) is 12.2 Å². The summed E-state index contributed by atoms with van der Waals surface area (Å²) >= 11 is 0. The van der Waals surface area contributed by atoms with Crippen LogP contribution in [0.2, 0.25) is 0 Å². The maximum absolute atomic E-state index is 12.1. The van der Waals surface area contributed by atoms with Gasteiger partial charge in [-0.2, -0.15) is 5.10 Å². The summed E-state index contributed by atoms with van der Waals surface area (Å²) < 4.78 is 0. The molecule has 19 heavy (non-hydrogen) atoms. The monoisotopic (exact) mass is 263 g/mol. The van der Waals surface area contributed by atoms with E-state index >= 15 is 0 Å². The van der Waals surface area contributed by atoms with E-state index in [4.69, 9.17) is 0 Å². The Morgan fingerprint density at radius 2 is 2.26 bits per heavy atom. The zero-order valence-electron chi connectivity index (χ0n) is 10.6. The van der Waals surface area contributed by atoms with E-state index in [2.05, 4.69) is 20.5 Å². The number of carbonyl (C=O) groups is 2. The van der Waals surface area contributed by atoms with Gasteiger partial charge in [-0.05, 0) is 25.7 Å². The fraction of sp³-hybridized carbons (Fsp3) is 0.667. The third-order valence-electron chi connectivity index (χ3n) is 3.66. The lowest BCUT2D eigenvalue weighted by Crippen LogP contribution is -2.46.